The summed E-state index contributed by atoms with van der Waals surface area (Å²) in [4.78, 5) is 38.9. The van der Waals surface area contributed by atoms with Crippen molar-refractivity contribution in [2.24, 2.45) is 11.3 Å². The first-order chi connectivity index (χ1) is 14.6. The molecule has 1 saturated heterocycles. The molecule has 7 heteroatoms. The SMILES string of the molecule is CC(Oc1ccc2ccccc2c1)C(=O)NNC(=O)C1CCN(C(=O)C(C)(C)C)CC1. The van der Waals surface area contributed by atoms with Crippen molar-refractivity contribution in [1.82, 2.24) is 15.8 Å². The molecule has 3 rings (SSSR count). The predicted octanol–water partition coefficient (Wildman–Crippen LogP) is 3.04. The zero-order valence-corrected chi connectivity index (χ0v) is 18.6. The summed E-state index contributed by atoms with van der Waals surface area (Å²) in [5.41, 5.74) is 4.53. The summed E-state index contributed by atoms with van der Waals surface area (Å²) in [6.45, 7) is 8.40. The smallest absolute Gasteiger partial charge is 0.279 e. The van der Waals surface area contributed by atoms with E-state index in [-0.39, 0.29) is 17.7 Å². The number of nitrogens with zero attached hydrogens (tertiary/aromatic N) is 1. The van der Waals surface area contributed by atoms with Gasteiger partial charge in [-0.3, -0.25) is 25.2 Å². The third kappa shape index (κ3) is 5.75. The molecule has 0 radical (unpaired) electrons. The quantitative estimate of drug-likeness (QED) is 0.737. The topological polar surface area (TPSA) is 87.7 Å². The van der Waals surface area contributed by atoms with Gasteiger partial charge in [0.15, 0.2) is 6.10 Å². The third-order valence-electron chi connectivity index (χ3n) is 5.51. The Kier molecular flexibility index (Phi) is 6.83. The van der Waals surface area contributed by atoms with Gasteiger partial charge in [-0.2, -0.15) is 0 Å². The van der Waals surface area contributed by atoms with Crippen molar-refractivity contribution in [1.29, 1.82) is 0 Å². The average molecular weight is 426 g/mol. The molecule has 7 nitrogen and oxygen atoms in total. The Labute approximate surface area is 183 Å². The monoisotopic (exact) mass is 425 g/mol. The summed E-state index contributed by atoms with van der Waals surface area (Å²) in [6, 6.07) is 13.5. The second-order valence-corrected chi connectivity index (χ2v) is 9.06. The molecule has 0 aromatic heterocycles. The van der Waals surface area contributed by atoms with Crippen LogP contribution in [0, 0.1) is 11.3 Å². The maximum atomic E-state index is 12.4. The molecule has 1 atom stereocenters. The summed E-state index contributed by atoms with van der Waals surface area (Å²) in [7, 11) is 0. The number of carbonyl (C=O) groups excluding carboxylic acids is 3. The van der Waals surface area contributed by atoms with E-state index in [9.17, 15) is 14.4 Å². The van der Waals surface area contributed by atoms with E-state index < -0.39 is 17.4 Å². The van der Waals surface area contributed by atoms with E-state index in [1.165, 1.54) is 0 Å². The molecule has 31 heavy (non-hydrogen) atoms. The van der Waals surface area contributed by atoms with E-state index in [0.717, 1.165) is 10.8 Å². The van der Waals surface area contributed by atoms with E-state index in [2.05, 4.69) is 10.9 Å². The van der Waals surface area contributed by atoms with Gasteiger partial charge < -0.3 is 9.64 Å². The van der Waals surface area contributed by atoms with Crippen LogP contribution in [0.4, 0.5) is 0 Å². The van der Waals surface area contributed by atoms with Crippen molar-refractivity contribution in [3.63, 3.8) is 0 Å². The van der Waals surface area contributed by atoms with Gasteiger partial charge in [0.2, 0.25) is 11.8 Å². The van der Waals surface area contributed by atoms with Crippen molar-refractivity contribution in [2.45, 2.75) is 46.6 Å². The summed E-state index contributed by atoms with van der Waals surface area (Å²) in [5, 5.41) is 2.12. The van der Waals surface area contributed by atoms with Crippen molar-refractivity contribution < 1.29 is 19.1 Å². The summed E-state index contributed by atoms with van der Waals surface area (Å²) < 4.78 is 5.73. The van der Waals surface area contributed by atoms with Gasteiger partial charge in [-0.15, -0.1) is 0 Å². The Balaban J connectivity index is 1.45. The Morgan fingerprint density at radius 3 is 2.29 bits per heavy atom. The van der Waals surface area contributed by atoms with Crippen LogP contribution in [-0.2, 0) is 14.4 Å². The third-order valence-corrected chi connectivity index (χ3v) is 5.51. The minimum atomic E-state index is -0.771. The first kappa shape index (κ1) is 22.6. The van der Waals surface area contributed by atoms with Crippen LogP contribution in [0.1, 0.15) is 40.5 Å². The molecule has 3 amide bonds. The van der Waals surface area contributed by atoms with Gasteiger partial charge in [0.05, 0.1) is 0 Å². The van der Waals surface area contributed by atoms with Gasteiger partial charge >= 0.3 is 0 Å². The van der Waals surface area contributed by atoms with Gasteiger partial charge in [0.1, 0.15) is 5.75 Å². The Hall–Kier alpha value is -3.09. The maximum absolute atomic E-state index is 12.4. The number of piperidine rings is 1. The molecule has 166 valence electrons. The minimum Gasteiger partial charge on any atom is -0.481 e. The second-order valence-electron chi connectivity index (χ2n) is 9.06. The number of fused-ring (bicyclic) bond motifs is 1. The molecular weight excluding hydrogens is 394 g/mol. The highest BCUT2D eigenvalue weighted by Gasteiger charge is 2.32. The zero-order chi connectivity index (χ0) is 22.6. The molecule has 0 spiro atoms. The number of hydrogen-bond donors (Lipinski definition) is 2. The number of ether oxygens (including phenoxy) is 1. The van der Waals surface area contributed by atoms with Gasteiger partial charge in [0.25, 0.3) is 5.91 Å². The fourth-order valence-electron chi connectivity index (χ4n) is 3.64. The number of likely N-dealkylation sites (tertiary alicyclic amines) is 1. The van der Waals surface area contributed by atoms with Gasteiger partial charge in [0, 0.05) is 24.4 Å². The number of carbonyl (C=O) groups is 3. The highest BCUT2D eigenvalue weighted by molar-refractivity contribution is 5.87. The lowest BCUT2D eigenvalue weighted by molar-refractivity contribution is -0.143. The van der Waals surface area contributed by atoms with Crippen molar-refractivity contribution >= 4 is 28.5 Å². The summed E-state index contributed by atoms with van der Waals surface area (Å²) in [5.74, 6) is -0.222. The first-order valence-electron chi connectivity index (χ1n) is 10.7. The number of nitrogens with one attached hydrogen (secondary N) is 2. The van der Waals surface area contributed by atoms with Gasteiger partial charge in [-0.05, 0) is 42.7 Å². The molecule has 0 aliphatic carbocycles. The van der Waals surface area contributed by atoms with Crippen molar-refractivity contribution in [3.05, 3.63) is 42.5 Å². The van der Waals surface area contributed by atoms with Crippen LogP contribution in [-0.4, -0.2) is 41.8 Å². The second kappa shape index (κ2) is 9.37. The number of hydrazine groups is 1. The number of benzene rings is 2. The molecule has 2 aromatic rings. The van der Waals surface area contributed by atoms with Crippen LogP contribution in [0.25, 0.3) is 10.8 Å². The fourth-order valence-corrected chi connectivity index (χ4v) is 3.64. The Morgan fingerprint density at radius 1 is 1.00 bits per heavy atom. The normalized spacial score (nSPS) is 15.9. The lowest BCUT2D eigenvalue weighted by Crippen LogP contribution is -2.51. The number of hydrogen-bond acceptors (Lipinski definition) is 4. The molecule has 0 bridgehead atoms. The Morgan fingerprint density at radius 2 is 1.65 bits per heavy atom. The van der Waals surface area contributed by atoms with E-state index in [1.54, 1.807) is 6.92 Å². The van der Waals surface area contributed by atoms with Crippen molar-refractivity contribution in [3.8, 4) is 5.75 Å². The van der Waals surface area contributed by atoms with Crippen LogP contribution in [0.15, 0.2) is 42.5 Å². The average Bonchev–Trinajstić information content (AvgIpc) is 2.76. The van der Waals surface area contributed by atoms with Crippen LogP contribution in [0.3, 0.4) is 0 Å². The molecule has 1 fully saturated rings. The van der Waals surface area contributed by atoms with E-state index in [1.807, 2.05) is 68.1 Å². The van der Waals surface area contributed by atoms with Gasteiger partial charge in [-0.25, -0.2) is 0 Å². The van der Waals surface area contributed by atoms with E-state index in [0.29, 0.717) is 31.7 Å². The van der Waals surface area contributed by atoms with Crippen molar-refractivity contribution in [2.75, 3.05) is 13.1 Å². The van der Waals surface area contributed by atoms with Crippen LogP contribution in [0.2, 0.25) is 0 Å². The fraction of sp³-hybridized carbons (Fsp3) is 0.458. The Bertz CT molecular complexity index is 959. The van der Waals surface area contributed by atoms with Crippen LogP contribution in [0.5, 0.6) is 5.75 Å². The number of amides is 3. The first-order valence-corrected chi connectivity index (χ1v) is 10.7. The van der Waals surface area contributed by atoms with Gasteiger partial charge in [-0.1, -0.05) is 51.1 Å². The molecule has 2 N–H and O–H groups in total. The highest BCUT2D eigenvalue weighted by atomic mass is 16.5. The molecule has 1 aliphatic rings. The predicted molar refractivity (Wildman–Crippen MR) is 119 cm³/mol. The molecule has 1 heterocycles. The molecule has 1 unspecified atom stereocenters. The molecule has 2 aromatic carbocycles. The van der Waals surface area contributed by atoms with Crippen LogP contribution >= 0.6 is 0 Å². The molecular formula is C24H31N3O4. The lowest BCUT2D eigenvalue weighted by atomic mass is 9.91. The summed E-state index contributed by atoms with van der Waals surface area (Å²) >= 11 is 0. The van der Waals surface area contributed by atoms with E-state index >= 15 is 0 Å². The molecule has 1 aliphatic heterocycles. The molecule has 0 saturated carbocycles. The minimum absolute atomic E-state index is 0.0966. The highest BCUT2D eigenvalue weighted by Crippen LogP contribution is 2.24. The summed E-state index contributed by atoms with van der Waals surface area (Å²) in [6.07, 6.45) is 0.381. The lowest BCUT2D eigenvalue weighted by Gasteiger charge is -2.35. The van der Waals surface area contributed by atoms with E-state index in [4.69, 9.17) is 4.74 Å². The zero-order valence-electron chi connectivity index (χ0n) is 18.6. The maximum Gasteiger partial charge on any atom is 0.279 e. The standard InChI is InChI=1S/C24H31N3O4/c1-16(31-20-10-9-17-7-5-6-8-19(17)15-20)21(28)25-26-22(29)18-11-13-27(14-12-18)23(30)24(2,3)4/h5-10,15-16,18H,11-14H2,1-4H3,(H,25,28)(H,26,29). The van der Waals surface area contributed by atoms with Crippen LogP contribution < -0.4 is 15.6 Å². The largest absolute Gasteiger partial charge is 0.481 e. The number of rotatable bonds is 4.